The molecule has 0 aliphatic heterocycles. The van der Waals surface area contributed by atoms with Crippen molar-refractivity contribution >= 4 is 27.3 Å². The Hall–Kier alpha value is -2.92. The van der Waals surface area contributed by atoms with E-state index in [-0.39, 0.29) is 35.2 Å². The molecule has 2 aromatic rings. The number of carbonyl (C=O) groups excluding carboxylic acids is 1. The first-order chi connectivity index (χ1) is 14.1. The molecule has 2 N–H and O–H groups in total. The highest BCUT2D eigenvalue weighted by molar-refractivity contribution is 7.89. The molecule has 0 saturated heterocycles. The average molecular weight is 443 g/mol. The number of nitrogens with zero attached hydrogens (tertiary/aromatic N) is 1. The summed E-state index contributed by atoms with van der Waals surface area (Å²) in [5.41, 5.74) is 0.457. The molecule has 0 atom stereocenters. The van der Waals surface area contributed by atoms with Gasteiger partial charge in [0.15, 0.2) is 0 Å². The normalized spacial score (nSPS) is 11.4. The van der Waals surface area contributed by atoms with Crippen LogP contribution in [-0.4, -0.2) is 52.5 Å². The lowest BCUT2D eigenvalue weighted by molar-refractivity contribution is -0.114. The minimum absolute atomic E-state index is 0.0459. The minimum Gasteiger partial charge on any atom is -0.492 e. The molecule has 0 fully saturated rings. The van der Waals surface area contributed by atoms with Crippen LogP contribution in [0.15, 0.2) is 47.4 Å². The highest BCUT2D eigenvalue weighted by atomic mass is 32.2. The van der Waals surface area contributed by atoms with Crippen LogP contribution in [0, 0.1) is 0 Å². The van der Waals surface area contributed by atoms with E-state index in [1.165, 1.54) is 44.4 Å². The van der Waals surface area contributed by atoms with E-state index >= 15 is 0 Å². The van der Waals surface area contributed by atoms with Crippen LogP contribution < -0.4 is 20.1 Å². The summed E-state index contributed by atoms with van der Waals surface area (Å²) < 4.78 is 60.9. The standard InChI is InChI=1S/C19H23F2N3O5S/c1-4-28-16-10-9-13(11-17(16)30(26,27)24(2)3)22-12-18(25)23-14-7-5-6-8-15(14)29-19(20)21/h5-11,19,22H,4,12H2,1-3H3,(H,23,25). The Morgan fingerprint density at radius 2 is 1.83 bits per heavy atom. The molecule has 30 heavy (non-hydrogen) atoms. The van der Waals surface area contributed by atoms with E-state index in [0.717, 1.165) is 4.31 Å². The molecule has 2 rings (SSSR count). The SMILES string of the molecule is CCOc1ccc(NCC(=O)Nc2ccccc2OC(F)F)cc1S(=O)(=O)N(C)C. The van der Waals surface area contributed by atoms with Crippen LogP contribution in [0.3, 0.4) is 0 Å². The zero-order chi connectivity index (χ0) is 22.3. The highest BCUT2D eigenvalue weighted by Crippen LogP contribution is 2.29. The number of ether oxygens (including phenoxy) is 2. The van der Waals surface area contributed by atoms with Gasteiger partial charge in [-0.3, -0.25) is 4.79 Å². The van der Waals surface area contributed by atoms with Crippen molar-refractivity contribution in [1.29, 1.82) is 0 Å². The molecule has 0 saturated carbocycles. The number of carbonyl (C=O) groups is 1. The van der Waals surface area contributed by atoms with Gasteiger partial charge in [0, 0.05) is 19.8 Å². The van der Waals surface area contributed by atoms with Gasteiger partial charge in [-0.15, -0.1) is 0 Å². The van der Waals surface area contributed by atoms with Crippen molar-refractivity contribution in [2.75, 3.05) is 37.9 Å². The number of anilines is 2. The van der Waals surface area contributed by atoms with Crippen LogP contribution in [0.1, 0.15) is 6.92 Å². The van der Waals surface area contributed by atoms with Crippen molar-refractivity contribution in [3.8, 4) is 11.5 Å². The zero-order valence-corrected chi connectivity index (χ0v) is 17.5. The van der Waals surface area contributed by atoms with Crippen molar-refractivity contribution in [3.05, 3.63) is 42.5 Å². The Morgan fingerprint density at radius 3 is 2.47 bits per heavy atom. The molecule has 0 radical (unpaired) electrons. The maximum atomic E-state index is 12.5. The van der Waals surface area contributed by atoms with Gasteiger partial charge >= 0.3 is 6.61 Å². The van der Waals surface area contributed by atoms with E-state index in [9.17, 15) is 22.0 Å². The maximum absolute atomic E-state index is 12.5. The zero-order valence-electron chi connectivity index (χ0n) is 16.7. The molecular weight excluding hydrogens is 420 g/mol. The lowest BCUT2D eigenvalue weighted by Crippen LogP contribution is -2.24. The number of alkyl halides is 2. The van der Waals surface area contributed by atoms with Crippen molar-refractivity contribution < 1.29 is 31.5 Å². The van der Waals surface area contributed by atoms with Crippen LogP contribution in [0.25, 0.3) is 0 Å². The van der Waals surface area contributed by atoms with Gasteiger partial charge in [-0.25, -0.2) is 12.7 Å². The summed E-state index contributed by atoms with van der Waals surface area (Å²) in [6.45, 7) is -1.25. The van der Waals surface area contributed by atoms with E-state index in [4.69, 9.17) is 4.74 Å². The molecule has 2 aromatic carbocycles. The first kappa shape index (κ1) is 23.4. The number of hydrogen-bond acceptors (Lipinski definition) is 6. The number of rotatable bonds is 10. The number of benzene rings is 2. The number of amides is 1. The van der Waals surface area contributed by atoms with Crippen LogP contribution in [0.2, 0.25) is 0 Å². The second-order valence-corrected chi connectivity index (χ2v) is 8.28. The largest absolute Gasteiger partial charge is 0.492 e. The first-order valence-electron chi connectivity index (χ1n) is 8.92. The van der Waals surface area contributed by atoms with Crippen molar-refractivity contribution in [3.63, 3.8) is 0 Å². The van der Waals surface area contributed by atoms with Crippen LogP contribution in [0.5, 0.6) is 11.5 Å². The topological polar surface area (TPSA) is 97.0 Å². The molecule has 1 amide bonds. The van der Waals surface area contributed by atoms with E-state index in [2.05, 4.69) is 15.4 Å². The van der Waals surface area contributed by atoms with E-state index in [1.807, 2.05) is 0 Å². The van der Waals surface area contributed by atoms with Gasteiger partial charge in [0.25, 0.3) is 0 Å². The third-order valence-corrected chi connectivity index (χ3v) is 5.67. The number of hydrogen-bond donors (Lipinski definition) is 2. The Labute approximate surface area is 173 Å². The molecule has 0 aromatic heterocycles. The Kier molecular flexibility index (Phi) is 7.95. The third kappa shape index (κ3) is 6.04. The molecule has 0 aliphatic carbocycles. The number of nitrogens with one attached hydrogen (secondary N) is 2. The fraction of sp³-hybridized carbons (Fsp3) is 0.316. The average Bonchev–Trinajstić information content (AvgIpc) is 2.68. The molecular formula is C19H23F2N3O5S. The third-order valence-electron chi connectivity index (χ3n) is 3.83. The fourth-order valence-corrected chi connectivity index (χ4v) is 3.49. The summed E-state index contributed by atoms with van der Waals surface area (Å²) in [5, 5.41) is 5.28. The number of para-hydroxylation sites is 2. The second-order valence-electron chi connectivity index (χ2n) is 6.16. The Bertz CT molecular complexity index is 984. The molecule has 8 nitrogen and oxygen atoms in total. The summed E-state index contributed by atoms with van der Waals surface area (Å²) in [6.07, 6.45) is 0. The van der Waals surface area contributed by atoms with Gasteiger partial charge in [0.05, 0.1) is 18.8 Å². The molecule has 0 aliphatic rings. The number of sulfonamides is 1. The van der Waals surface area contributed by atoms with Crippen molar-refractivity contribution in [2.45, 2.75) is 18.4 Å². The summed E-state index contributed by atoms with van der Waals surface area (Å²) in [5.74, 6) is -0.508. The Morgan fingerprint density at radius 1 is 1.13 bits per heavy atom. The quantitative estimate of drug-likeness (QED) is 0.586. The summed E-state index contributed by atoms with van der Waals surface area (Å²) in [4.78, 5) is 12.2. The van der Waals surface area contributed by atoms with Crippen molar-refractivity contribution in [2.24, 2.45) is 0 Å². The Balaban J connectivity index is 2.13. The predicted molar refractivity (Wildman–Crippen MR) is 109 cm³/mol. The van der Waals surface area contributed by atoms with Crippen LogP contribution >= 0.6 is 0 Å². The van der Waals surface area contributed by atoms with Gasteiger partial charge in [0.2, 0.25) is 15.9 Å². The van der Waals surface area contributed by atoms with Gasteiger partial charge in [-0.05, 0) is 37.3 Å². The second kappa shape index (κ2) is 10.2. The maximum Gasteiger partial charge on any atom is 0.387 e. The highest BCUT2D eigenvalue weighted by Gasteiger charge is 2.23. The van der Waals surface area contributed by atoms with Gasteiger partial charge < -0.3 is 20.1 Å². The molecule has 11 heteroatoms. The van der Waals surface area contributed by atoms with E-state index < -0.39 is 22.5 Å². The van der Waals surface area contributed by atoms with Crippen LogP contribution in [-0.2, 0) is 14.8 Å². The van der Waals surface area contributed by atoms with E-state index in [1.54, 1.807) is 19.1 Å². The molecule has 0 unspecified atom stereocenters. The van der Waals surface area contributed by atoms with Gasteiger partial charge in [-0.1, -0.05) is 12.1 Å². The summed E-state index contributed by atoms with van der Waals surface area (Å²) in [6, 6.07) is 10.2. The summed E-state index contributed by atoms with van der Waals surface area (Å²) >= 11 is 0. The summed E-state index contributed by atoms with van der Waals surface area (Å²) in [7, 11) is -0.976. The molecule has 164 valence electrons. The van der Waals surface area contributed by atoms with Crippen molar-refractivity contribution in [1.82, 2.24) is 4.31 Å². The minimum atomic E-state index is -3.78. The predicted octanol–water partition coefficient (Wildman–Crippen LogP) is 2.99. The fourth-order valence-electron chi connectivity index (χ4n) is 2.44. The molecule has 0 heterocycles. The monoisotopic (exact) mass is 443 g/mol. The molecule has 0 bridgehead atoms. The van der Waals surface area contributed by atoms with Gasteiger partial charge in [-0.2, -0.15) is 8.78 Å². The number of halogens is 2. The van der Waals surface area contributed by atoms with E-state index in [0.29, 0.717) is 5.69 Å². The lowest BCUT2D eigenvalue weighted by Gasteiger charge is -2.17. The molecule has 0 spiro atoms. The smallest absolute Gasteiger partial charge is 0.387 e. The first-order valence-corrected chi connectivity index (χ1v) is 10.4. The van der Waals surface area contributed by atoms with Crippen LogP contribution in [0.4, 0.5) is 20.2 Å². The lowest BCUT2D eigenvalue weighted by atomic mass is 10.3. The van der Waals surface area contributed by atoms with Gasteiger partial charge in [0.1, 0.15) is 16.4 Å².